The van der Waals surface area contributed by atoms with Gasteiger partial charge in [0.2, 0.25) is 0 Å². The summed E-state index contributed by atoms with van der Waals surface area (Å²) in [5.41, 5.74) is 1.15. The van der Waals surface area contributed by atoms with Crippen molar-refractivity contribution >= 4 is 5.69 Å². The van der Waals surface area contributed by atoms with Gasteiger partial charge in [-0.1, -0.05) is 18.2 Å². The van der Waals surface area contributed by atoms with Crippen LogP contribution in [0.25, 0.3) is 0 Å². The smallest absolute Gasteiger partial charge is 0.129 e. The normalized spacial score (nSPS) is 10.6. The van der Waals surface area contributed by atoms with Crippen LogP contribution in [0, 0.1) is 0 Å². The molecule has 2 aromatic rings. The summed E-state index contributed by atoms with van der Waals surface area (Å²) in [4.78, 5) is 0. The maximum Gasteiger partial charge on any atom is 0.129 e. The van der Waals surface area contributed by atoms with E-state index < -0.39 is 0 Å². The summed E-state index contributed by atoms with van der Waals surface area (Å²) in [5.74, 6) is 1.47. The summed E-state index contributed by atoms with van der Waals surface area (Å²) in [6, 6.07) is 13.9. The minimum absolute atomic E-state index is 0.0407. The number of benzene rings is 1. The third kappa shape index (κ3) is 4.77. The van der Waals surface area contributed by atoms with Crippen LogP contribution in [-0.2, 0) is 13.2 Å². The largest absolute Gasteiger partial charge is 0.462 e. The molecule has 2 rings (SSSR count). The van der Waals surface area contributed by atoms with E-state index in [0.29, 0.717) is 12.3 Å². The minimum Gasteiger partial charge on any atom is -0.462 e. The average molecular weight is 260 g/mol. The molecule has 0 aliphatic heterocycles. The summed E-state index contributed by atoms with van der Waals surface area (Å²) >= 11 is 0. The average Bonchev–Trinajstić information content (AvgIpc) is 2.92. The van der Waals surface area contributed by atoms with Gasteiger partial charge >= 0.3 is 0 Å². The second-order valence-corrected chi connectivity index (χ2v) is 4.35. The highest BCUT2D eigenvalue weighted by Crippen LogP contribution is 2.07. The van der Waals surface area contributed by atoms with Crippen LogP contribution in [0.1, 0.15) is 17.9 Å². The topological polar surface area (TPSA) is 57.4 Å². The Morgan fingerprint density at radius 3 is 2.47 bits per heavy atom. The van der Waals surface area contributed by atoms with Crippen LogP contribution >= 0.6 is 0 Å². The molecule has 102 valence electrons. The number of rotatable bonds is 8. The summed E-state index contributed by atoms with van der Waals surface area (Å²) < 4.78 is 5.38. The number of aliphatic hydroxyl groups is 1. The SMILES string of the molecule is OCc1ccc(CNCCCNc2ccccc2)o1. The first kappa shape index (κ1) is 13.6. The number of anilines is 1. The predicted octanol–water partition coefficient (Wildman–Crippen LogP) is 2.36. The van der Waals surface area contributed by atoms with Gasteiger partial charge in [-0.25, -0.2) is 0 Å². The number of nitrogens with one attached hydrogen (secondary N) is 2. The van der Waals surface area contributed by atoms with Crippen molar-refractivity contribution in [1.82, 2.24) is 5.32 Å². The molecule has 0 fully saturated rings. The van der Waals surface area contributed by atoms with Gasteiger partial charge in [0, 0.05) is 12.2 Å². The lowest BCUT2D eigenvalue weighted by molar-refractivity contribution is 0.243. The maximum atomic E-state index is 8.88. The van der Waals surface area contributed by atoms with Crippen molar-refractivity contribution in [2.45, 2.75) is 19.6 Å². The van der Waals surface area contributed by atoms with E-state index >= 15 is 0 Å². The monoisotopic (exact) mass is 260 g/mol. The van der Waals surface area contributed by atoms with Gasteiger partial charge in [0.25, 0.3) is 0 Å². The Balaban J connectivity index is 1.55. The highest BCUT2D eigenvalue weighted by molar-refractivity contribution is 5.42. The molecule has 0 radical (unpaired) electrons. The van der Waals surface area contributed by atoms with Crippen molar-refractivity contribution in [3.63, 3.8) is 0 Å². The Morgan fingerprint density at radius 1 is 0.947 bits per heavy atom. The molecular formula is C15H20N2O2. The fraction of sp³-hybridized carbons (Fsp3) is 0.333. The molecule has 1 aromatic heterocycles. The molecule has 0 saturated heterocycles. The van der Waals surface area contributed by atoms with Gasteiger partial charge in [-0.2, -0.15) is 0 Å². The molecule has 1 aromatic carbocycles. The third-order valence-electron chi connectivity index (χ3n) is 2.81. The first-order valence-electron chi connectivity index (χ1n) is 6.56. The first-order valence-corrected chi connectivity index (χ1v) is 6.56. The van der Waals surface area contributed by atoms with Crippen molar-refractivity contribution in [2.75, 3.05) is 18.4 Å². The molecule has 0 spiro atoms. The Morgan fingerprint density at radius 2 is 1.74 bits per heavy atom. The molecule has 0 aliphatic carbocycles. The summed E-state index contributed by atoms with van der Waals surface area (Å²) in [6.45, 7) is 2.53. The number of furan rings is 1. The zero-order chi connectivity index (χ0) is 13.3. The molecule has 4 heteroatoms. The first-order chi connectivity index (χ1) is 9.38. The fourth-order valence-electron chi connectivity index (χ4n) is 1.82. The fourth-order valence-corrected chi connectivity index (χ4v) is 1.82. The molecule has 4 nitrogen and oxygen atoms in total. The van der Waals surface area contributed by atoms with Crippen LogP contribution in [0.5, 0.6) is 0 Å². The molecule has 0 amide bonds. The molecule has 1 heterocycles. The van der Waals surface area contributed by atoms with Gasteiger partial charge in [-0.3, -0.25) is 0 Å². The Bertz CT molecular complexity index is 468. The van der Waals surface area contributed by atoms with E-state index in [1.165, 1.54) is 0 Å². The number of hydrogen-bond donors (Lipinski definition) is 3. The van der Waals surface area contributed by atoms with Crippen LogP contribution in [0.2, 0.25) is 0 Å². The molecule has 0 atom stereocenters. The standard InChI is InChI=1S/C15H20N2O2/c18-12-15-8-7-14(19-15)11-16-9-4-10-17-13-5-2-1-3-6-13/h1-3,5-8,16-18H,4,9-12H2. The second-order valence-electron chi connectivity index (χ2n) is 4.35. The van der Waals surface area contributed by atoms with E-state index in [0.717, 1.165) is 31.0 Å². The second kappa shape index (κ2) is 7.61. The van der Waals surface area contributed by atoms with Crippen molar-refractivity contribution in [3.8, 4) is 0 Å². The van der Waals surface area contributed by atoms with E-state index in [2.05, 4.69) is 22.8 Å². The number of para-hydroxylation sites is 1. The summed E-state index contributed by atoms with van der Waals surface area (Å²) in [7, 11) is 0. The van der Waals surface area contributed by atoms with Gasteiger partial charge in [0.05, 0.1) is 6.54 Å². The van der Waals surface area contributed by atoms with E-state index in [-0.39, 0.29) is 6.61 Å². The van der Waals surface area contributed by atoms with Crippen LogP contribution in [0.3, 0.4) is 0 Å². The lowest BCUT2D eigenvalue weighted by Crippen LogP contribution is -2.17. The Labute approximate surface area is 113 Å². The van der Waals surface area contributed by atoms with Gasteiger partial charge in [0.15, 0.2) is 0 Å². The summed E-state index contributed by atoms with van der Waals surface area (Å²) in [5, 5.41) is 15.5. The maximum absolute atomic E-state index is 8.88. The van der Waals surface area contributed by atoms with Gasteiger partial charge in [-0.05, 0) is 37.2 Å². The molecular weight excluding hydrogens is 240 g/mol. The van der Waals surface area contributed by atoms with E-state index in [4.69, 9.17) is 9.52 Å². The van der Waals surface area contributed by atoms with Gasteiger partial charge < -0.3 is 20.2 Å². The molecule has 0 unspecified atom stereocenters. The lowest BCUT2D eigenvalue weighted by atomic mass is 10.3. The zero-order valence-corrected chi connectivity index (χ0v) is 10.9. The Kier molecular flexibility index (Phi) is 5.47. The summed E-state index contributed by atoms with van der Waals surface area (Å²) in [6.07, 6.45) is 1.04. The van der Waals surface area contributed by atoms with Crippen LogP contribution in [-0.4, -0.2) is 18.2 Å². The lowest BCUT2D eigenvalue weighted by Gasteiger charge is -2.06. The highest BCUT2D eigenvalue weighted by atomic mass is 16.4. The molecule has 0 saturated carbocycles. The van der Waals surface area contributed by atoms with Crippen LogP contribution in [0.4, 0.5) is 5.69 Å². The molecule has 3 N–H and O–H groups in total. The van der Waals surface area contributed by atoms with E-state index in [1.54, 1.807) is 6.07 Å². The molecule has 0 bridgehead atoms. The van der Waals surface area contributed by atoms with E-state index in [1.807, 2.05) is 24.3 Å². The van der Waals surface area contributed by atoms with Crippen molar-refractivity contribution in [3.05, 3.63) is 54.0 Å². The zero-order valence-electron chi connectivity index (χ0n) is 10.9. The Hall–Kier alpha value is -1.78. The molecule has 19 heavy (non-hydrogen) atoms. The number of aliphatic hydroxyl groups excluding tert-OH is 1. The van der Waals surface area contributed by atoms with Gasteiger partial charge in [-0.15, -0.1) is 0 Å². The minimum atomic E-state index is -0.0407. The van der Waals surface area contributed by atoms with Crippen molar-refractivity contribution in [1.29, 1.82) is 0 Å². The highest BCUT2D eigenvalue weighted by Gasteiger charge is 1.99. The van der Waals surface area contributed by atoms with Gasteiger partial charge in [0.1, 0.15) is 18.1 Å². The van der Waals surface area contributed by atoms with Crippen LogP contribution in [0.15, 0.2) is 46.9 Å². The quantitative estimate of drug-likeness (QED) is 0.638. The number of hydrogen-bond acceptors (Lipinski definition) is 4. The van der Waals surface area contributed by atoms with Crippen molar-refractivity contribution in [2.24, 2.45) is 0 Å². The van der Waals surface area contributed by atoms with E-state index in [9.17, 15) is 0 Å². The van der Waals surface area contributed by atoms with Crippen molar-refractivity contribution < 1.29 is 9.52 Å². The van der Waals surface area contributed by atoms with Crippen LogP contribution < -0.4 is 10.6 Å². The third-order valence-corrected chi connectivity index (χ3v) is 2.81. The predicted molar refractivity (Wildman–Crippen MR) is 75.9 cm³/mol. The molecule has 0 aliphatic rings.